The molecule has 2 amide bonds. The fourth-order valence-corrected chi connectivity index (χ4v) is 2.58. The molecule has 2 atom stereocenters. The molecule has 0 bridgehead atoms. The van der Waals surface area contributed by atoms with E-state index < -0.39 is 24.1 Å². The van der Waals surface area contributed by atoms with Gasteiger partial charge in [-0.15, -0.1) is 0 Å². The van der Waals surface area contributed by atoms with E-state index in [0.717, 1.165) is 9.37 Å². The van der Waals surface area contributed by atoms with E-state index in [9.17, 15) is 14.7 Å². The van der Waals surface area contributed by atoms with E-state index in [-0.39, 0.29) is 13.0 Å². The van der Waals surface area contributed by atoms with Gasteiger partial charge >= 0.3 is 12.0 Å². The zero-order valence-corrected chi connectivity index (χ0v) is 12.6. The highest BCUT2D eigenvalue weighted by molar-refractivity contribution is 9.10. The zero-order valence-electron chi connectivity index (χ0n) is 10.2. The number of hydrogen-bond donors (Lipinski definition) is 3. The van der Waals surface area contributed by atoms with Crippen molar-refractivity contribution in [1.82, 2.24) is 4.90 Å². The normalized spacial score (nSPS) is 21.9. The summed E-state index contributed by atoms with van der Waals surface area (Å²) in [4.78, 5) is 24.3. The number of carboxylic acids is 1. The Morgan fingerprint density at radius 1 is 1.45 bits per heavy atom. The fourth-order valence-electron chi connectivity index (χ4n) is 2.05. The lowest BCUT2D eigenvalue weighted by molar-refractivity contribution is -0.141. The third kappa shape index (κ3) is 3.23. The highest BCUT2D eigenvalue weighted by Gasteiger charge is 2.39. The Bertz CT molecular complexity index is 554. The van der Waals surface area contributed by atoms with Gasteiger partial charge in [0.25, 0.3) is 0 Å². The summed E-state index contributed by atoms with van der Waals surface area (Å²) in [7, 11) is 0. The zero-order chi connectivity index (χ0) is 14.9. The number of aliphatic hydroxyl groups is 1. The number of carbonyl (C=O) groups excluding carboxylic acids is 1. The summed E-state index contributed by atoms with van der Waals surface area (Å²) >= 11 is 9.21. The molecule has 20 heavy (non-hydrogen) atoms. The first-order valence-corrected chi connectivity index (χ1v) is 6.99. The number of likely N-dealkylation sites (tertiary alicyclic amines) is 1. The molecule has 0 unspecified atom stereocenters. The molecule has 1 heterocycles. The van der Waals surface area contributed by atoms with Gasteiger partial charge in [-0.25, -0.2) is 9.59 Å². The SMILES string of the molecule is O=C(O)[C@@H]1C[C@H](O)CN1C(=O)Nc1cc(Br)ccc1Cl. The molecule has 1 aromatic carbocycles. The van der Waals surface area contributed by atoms with Gasteiger partial charge in [0.1, 0.15) is 6.04 Å². The number of carbonyl (C=O) groups is 2. The molecule has 6 nitrogen and oxygen atoms in total. The van der Waals surface area contributed by atoms with Crippen molar-refractivity contribution < 1.29 is 19.8 Å². The summed E-state index contributed by atoms with van der Waals surface area (Å²) in [5.41, 5.74) is 0.372. The van der Waals surface area contributed by atoms with Gasteiger partial charge in [-0.3, -0.25) is 0 Å². The molecule has 1 aromatic rings. The van der Waals surface area contributed by atoms with Crippen molar-refractivity contribution in [3.05, 3.63) is 27.7 Å². The van der Waals surface area contributed by atoms with E-state index >= 15 is 0 Å². The lowest BCUT2D eigenvalue weighted by Gasteiger charge is -2.22. The monoisotopic (exact) mass is 362 g/mol. The smallest absolute Gasteiger partial charge is 0.326 e. The van der Waals surface area contributed by atoms with Crippen molar-refractivity contribution in [2.75, 3.05) is 11.9 Å². The summed E-state index contributed by atoms with van der Waals surface area (Å²) in [6.07, 6.45) is -0.811. The van der Waals surface area contributed by atoms with E-state index in [4.69, 9.17) is 16.7 Å². The number of urea groups is 1. The Balaban J connectivity index is 2.15. The molecule has 1 aliphatic heterocycles. The summed E-state index contributed by atoms with van der Waals surface area (Å²) in [5.74, 6) is -1.14. The van der Waals surface area contributed by atoms with Crippen molar-refractivity contribution in [2.45, 2.75) is 18.6 Å². The number of anilines is 1. The molecule has 3 N–H and O–H groups in total. The van der Waals surface area contributed by atoms with Gasteiger partial charge in [0.05, 0.1) is 16.8 Å². The molecule has 0 aromatic heterocycles. The fraction of sp³-hybridized carbons (Fsp3) is 0.333. The van der Waals surface area contributed by atoms with Crippen LogP contribution in [0.15, 0.2) is 22.7 Å². The van der Waals surface area contributed by atoms with Crippen LogP contribution < -0.4 is 5.32 Å². The van der Waals surface area contributed by atoms with Crippen LogP contribution in [-0.2, 0) is 4.79 Å². The number of aliphatic carboxylic acids is 1. The number of aliphatic hydroxyl groups excluding tert-OH is 1. The Hall–Kier alpha value is -1.31. The van der Waals surface area contributed by atoms with Crippen LogP contribution in [0, 0.1) is 0 Å². The Morgan fingerprint density at radius 3 is 2.80 bits per heavy atom. The van der Waals surface area contributed by atoms with Crippen LogP contribution >= 0.6 is 27.5 Å². The second-order valence-electron chi connectivity index (χ2n) is 4.45. The van der Waals surface area contributed by atoms with E-state index in [1.807, 2.05) is 0 Å². The molecular formula is C12H12BrClN2O4. The Kier molecular flexibility index (Phi) is 4.52. The number of β-amino-alcohol motifs (C(OH)–C–C–N with tert-alkyl or cyclic N) is 1. The van der Waals surface area contributed by atoms with Gasteiger partial charge in [0.2, 0.25) is 0 Å². The number of amides is 2. The Morgan fingerprint density at radius 2 is 2.15 bits per heavy atom. The quantitative estimate of drug-likeness (QED) is 0.751. The van der Waals surface area contributed by atoms with Crippen LogP contribution in [0.5, 0.6) is 0 Å². The third-order valence-electron chi connectivity index (χ3n) is 2.99. The number of carboxylic acid groups (broad SMARTS) is 1. The van der Waals surface area contributed by atoms with Gasteiger partial charge in [-0.05, 0) is 18.2 Å². The molecule has 8 heteroatoms. The average molecular weight is 364 g/mol. The maximum Gasteiger partial charge on any atom is 0.326 e. The van der Waals surface area contributed by atoms with E-state index in [0.29, 0.717) is 10.7 Å². The first-order valence-electron chi connectivity index (χ1n) is 5.82. The van der Waals surface area contributed by atoms with Crippen molar-refractivity contribution in [3.8, 4) is 0 Å². The summed E-state index contributed by atoms with van der Waals surface area (Å²) < 4.78 is 0.730. The molecule has 1 saturated heterocycles. The van der Waals surface area contributed by atoms with E-state index in [2.05, 4.69) is 21.2 Å². The minimum atomic E-state index is -1.14. The number of halogens is 2. The second-order valence-corrected chi connectivity index (χ2v) is 5.77. The maximum absolute atomic E-state index is 12.1. The summed E-state index contributed by atoms with van der Waals surface area (Å²) in [6, 6.07) is 3.31. The number of rotatable bonds is 2. The minimum Gasteiger partial charge on any atom is -0.480 e. The highest BCUT2D eigenvalue weighted by atomic mass is 79.9. The van der Waals surface area contributed by atoms with Crippen LogP contribution in [0.25, 0.3) is 0 Å². The van der Waals surface area contributed by atoms with Crippen LogP contribution in [0.1, 0.15) is 6.42 Å². The van der Waals surface area contributed by atoms with E-state index in [1.54, 1.807) is 18.2 Å². The molecule has 2 rings (SSSR count). The third-order valence-corrected chi connectivity index (χ3v) is 3.82. The number of nitrogens with zero attached hydrogens (tertiary/aromatic N) is 1. The Labute approximate surface area is 128 Å². The summed E-state index contributed by atoms with van der Waals surface area (Å²) in [6.45, 7) is -0.0194. The van der Waals surface area contributed by atoms with Crippen molar-refractivity contribution in [2.24, 2.45) is 0 Å². The van der Waals surface area contributed by atoms with Crippen LogP contribution in [0.4, 0.5) is 10.5 Å². The van der Waals surface area contributed by atoms with Crippen molar-refractivity contribution in [3.63, 3.8) is 0 Å². The first-order chi connectivity index (χ1) is 9.38. The largest absolute Gasteiger partial charge is 0.480 e. The van der Waals surface area contributed by atoms with Gasteiger partial charge in [0, 0.05) is 17.4 Å². The predicted octanol–water partition coefficient (Wildman–Crippen LogP) is 2.15. The molecular weight excluding hydrogens is 351 g/mol. The average Bonchev–Trinajstić information content (AvgIpc) is 2.76. The topological polar surface area (TPSA) is 89.9 Å². The molecule has 0 radical (unpaired) electrons. The van der Waals surface area contributed by atoms with Gasteiger partial charge < -0.3 is 20.4 Å². The second kappa shape index (κ2) is 5.99. The van der Waals surface area contributed by atoms with Crippen molar-refractivity contribution in [1.29, 1.82) is 0 Å². The molecule has 0 spiro atoms. The first kappa shape index (κ1) is 15.1. The minimum absolute atomic E-state index is 0.0194. The van der Waals surface area contributed by atoms with Crippen molar-refractivity contribution >= 4 is 45.2 Å². The molecule has 108 valence electrons. The van der Waals surface area contributed by atoms with Gasteiger partial charge in [0.15, 0.2) is 0 Å². The maximum atomic E-state index is 12.1. The number of benzene rings is 1. The molecule has 0 aliphatic carbocycles. The lowest BCUT2D eigenvalue weighted by atomic mass is 10.2. The van der Waals surface area contributed by atoms with E-state index in [1.165, 1.54) is 0 Å². The molecule has 0 saturated carbocycles. The molecule has 1 aliphatic rings. The number of nitrogens with one attached hydrogen (secondary N) is 1. The van der Waals surface area contributed by atoms with Gasteiger partial charge in [-0.1, -0.05) is 27.5 Å². The number of hydrogen-bond acceptors (Lipinski definition) is 3. The van der Waals surface area contributed by atoms with Crippen LogP contribution in [0.3, 0.4) is 0 Å². The van der Waals surface area contributed by atoms with Crippen LogP contribution in [-0.4, -0.2) is 45.8 Å². The lowest BCUT2D eigenvalue weighted by Crippen LogP contribution is -2.43. The predicted molar refractivity (Wildman–Crippen MR) is 76.9 cm³/mol. The van der Waals surface area contributed by atoms with Crippen LogP contribution in [0.2, 0.25) is 5.02 Å². The molecule has 1 fully saturated rings. The van der Waals surface area contributed by atoms with Gasteiger partial charge in [-0.2, -0.15) is 0 Å². The standard InChI is InChI=1S/C12H12BrClN2O4/c13-6-1-2-8(14)9(3-6)15-12(20)16-5-7(17)4-10(16)11(18)19/h1-3,7,10,17H,4-5H2,(H,15,20)(H,18,19)/t7-,10-/m0/s1. The highest BCUT2D eigenvalue weighted by Crippen LogP contribution is 2.27. The summed E-state index contributed by atoms with van der Waals surface area (Å²) in [5, 5.41) is 21.5.